The van der Waals surface area contributed by atoms with Crippen LogP contribution in [0.2, 0.25) is 0 Å². The van der Waals surface area contributed by atoms with Crippen LogP contribution < -0.4 is 0 Å². The van der Waals surface area contributed by atoms with Gasteiger partial charge in [0.1, 0.15) is 17.5 Å². The predicted octanol–water partition coefficient (Wildman–Crippen LogP) is 4.93. The highest BCUT2D eigenvalue weighted by Crippen LogP contribution is 2.29. The van der Waals surface area contributed by atoms with Crippen molar-refractivity contribution >= 4 is 11.6 Å². The van der Waals surface area contributed by atoms with E-state index in [9.17, 15) is 13.2 Å². The van der Waals surface area contributed by atoms with Crippen LogP contribution in [0.5, 0.6) is 0 Å². The molecule has 0 heterocycles. The molecule has 0 nitrogen and oxygen atoms in total. The van der Waals surface area contributed by atoms with Crippen LogP contribution in [0.1, 0.15) is 22.1 Å². The minimum Gasteiger partial charge on any atom is -0.207 e. The first-order valence-electron chi connectivity index (χ1n) is 5.82. The molecule has 2 aromatic rings. The lowest BCUT2D eigenvalue weighted by Gasteiger charge is -2.13. The fourth-order valence-corrected chi connectivity index (χ4v) is 2.24. The molecule has 0 aromatic heterocycles. The number of halogens is 4. The summed E-state index contributed by atoms with van der Waals surface area (Å²) in [6, 6.07) is 8.11. The highest BCUT2D eigenvalue weighted by molar-refractivity contribution is 6.21. The third-order valence-electron chi connectivity index (χ3n) is 2.93. The molecular formula is C15H12ClF3. The van der Waals surface area contributed by atoms with E-state index in [2.05, 4.69) is 0 Å². The molecule has 100 valence electrons. The van der Waals surface area contributed by atoms with Crippen molar-refractivity contribution in [1.82, 2.24) is 0 Å². The largest absolute Gasteiger partial charge is 0.207 e. The minimum absolute atomic E-state index is 0.0968. The van der Waals surface area contributed by atoms with E-state index in [1.807, 2.05) is 0 Å². The van der Waals surface area contributed by atoms with Crippen molar-refractivity contribution in [2.75, 3.05) is 0 Å². The van der Waals surface area contributed by atoms with E-state index in [4.69, 9.17) is 11.6 Å². The number of alkyl halides is 1. The van der Waals surface area contributed by atoms with Gasteiger partial charge >= 0.3 is 0 Å². The van der Waals surface area contributed by atoms with Crippen molar-refractivity contribution in [3.63, 3.8) is 0 Å². The third kappa shape index (κ3) is 3.10. The molecule has 0 radical (unpaired) electrons. The Balaban J connectivity index is 2.31. The topological polar surface area (TPSA) is 0 Å². The van der Waals surface area contributed by atoms with Gasteiger partial charge in [-0.15, -0.1) is 11.6 Å². The maximum absolute atomic E-state index is 13.7. The van der Waals surface area contributed by atoms with Gasteiger partial charge in [0.15, 0.2) is 0 Å². The Morgan fingerprint density at radius 2 is 1.63 bits per heavy atom. The second kappa shape index (κ2) is 5.66. The van der Waals surface area contributed by atoms with Crippen molar-refractivity contribution in [3.8, 4) is 0 Å². The molecule has 0 aliphatic heterocycles. The Hall–Kier alpha value is -1.48. The lowest BCUT2D eigenvalue weighted by molar-refractivity contribution is 0.548. The summed E-state index contributed by atoms with van der Waals surface area (Å²) < 4.78 is 40.7. The number of benzene rings is 2. The van der Waals surface area contributed by atoms with Gasteiger partial charge in [-0.1, -0.05) is 23.8 Å². The molecule has 0 bridgehead atoms. The lowest BCUT2D eigenvalue weighted by atomic mass is 10.0. The van der Waals surface area contributed by atoms with Gasteiger partial charge in [-0.2, -0.15) is 0 Å². The molecule has 0 aliphatic carbocycles. The van der Waals surface area contributed by atoms with Crippen molar-refractivity contribution < 1.29 is 13.2 Å². The van der Waals surface area contributed by atoms with Crippen LogP contribution >= 0.6 is 11.6 Å². The second-order valence-corrected chi connectivity index (χ2v) is 4.92. The standard InChI is InChI=1S/C15H12ClF3/c1-9-5-6-15(19)10(7-9)12(16)8-11-13(17)3-2-4-14(11)18/h2-7,12H,8H2,1H3. The van der Waals surface area contributed by atoms with Gasteiger partial charge in [0.2, 0.25) is 0 Å². The van der Waals surface area contributed by atoms with Gasteiger partial charge in [-0.3, -0.25) is 0 Å². The van der Waals surface area contributed by atoms with Crippen LogP contribution in [0, 0.1) is 24.4 Å². The van der Waals surface area contributed by atoms with Crippen molar-refractivity contribution in [2.24, 2.45) is 0 Å². The molecule has 1 unspecified atom stereocenters. The molecule has 0 amide bonds. The van der Waals surface area contributed by atoms with Gasteiger partial charge in [-0.05, 0) is 31.5 Å². The Labute approximate surface area is 114 Å². The second-order valence-electron chi connectivity index (χ2n) is 4.40. The molecule has 2 aromatic carbocycles. The van der Waals surface area contributed by atoms with E-state index >= 15 is 0 Å². The summed E-state index contributed by atoms with van der Waals surface area (Å²) in [6.07, 6.45) is -0.0968. The average Bonchev–Trinajstić information content (AvgIpc) is 2.37. The van der Waals surface area contributed by atoms with Gasteiger partial charge in [-0.25, -0.2) is 13.2 Å². The molecular weight excluding hydrogens is 273 g/mol. The molecule has 0 aliphatic rings. The van der Waals surface area contributed by atoms with Gasteiger partial charge in [0, 0.05) is 11.1 Å². The van der Waals surface area contributed by atoms with Crippen molar-refractivity contribution in [3.05, 3.63) is 70.5 Å². The zero-order valence-electron chi connectivity index (χ0n) is 10.3. The van der Waals surface area contributed by atoms with E-state index in [-0.39, 0.29) is 17.5 Å². The van der Waals surface area contributed by atoms with Crippen LogP contribution in [0.15, 0.2) is 36.4 Å². The summed E-state index contributed by atoms with van der Waals surface area (Å²) in [5.74, 6) is -1.81. The van der Waals surface area contributed by atoms with E-state index < -0.39 is 22.8 Å². The normalized spacial score (nSPS) is 12.5. The summed E-state index contributed by atoms with van der Waals surface area (Å²) in [4.78, 5) is 0. The maximum Gasteiger partial charge on any atom is 0.129 e. The van der Waals surface area contributed by atoms with Gasteiger partial charge in [0.05, 0.1) is 5.38 Å². The Kier molecular flexibility index (Phi) is 4.15. The highest BCUT2D eigenvalue weighted by Gasteiger charge is 2.18. The van der Waals surface area contributed by atoms with E-state index in [0.717, 1.165) is 17.7 Å². The quantitative estimate of drug-likeness (QED) is 0.701. The fraction of sp³-hybridized carbons (Fsp3) is 0.200. The summed E-state index contributed by atoms with van der Waals surface area (Å²) >= 11 is 6.09. The molecule has 19 heavy (non-hydrogen) atoms. The summed E-state index contributed by atoms with van der Waals surface area (Å²) in [7, 11) is 0. The molecule has 0 spiro atoms. The third-order valence-corrected chi connectivity index (χ3v) is 3.32. The smallest absolute Gasteiger partial charge is 0.129 e. The summed E-state index contributed by atoms with van der Waals surface area (Å²) in [5, 5.41) is -0.814. The van der Waals surface area contributed by atoms with Crippen LogP contribution in [-0.4, -0.2) is 0 Å². The highest BCUT2D eigenvalue weighted by atomic mass is 35.5. The van der Waals surface area contributed by atoms with Crippen LogP contribution in [0.4, 0.5) is 13.2 Å². The maximum atomic E-state index is 13.7. The predicted molar refractivity (Wildman–Crippen MR) is 69.8 cm³/mol. The summed E-state index contributed by atoms with van der Waals surface area (Å²) in [6.45, 7) is 1.80. The molecule has 0 fully saturated rings. The molecule has 0 N–H and O–H groups in total. The van der Waals surface area contributed by atoms with E-state index in [0.29, 0.717) is 0 Å². The number of rotatable bonds is 3. The van der Waals surface area contributed by atoms with Crippen molar-refractivity contribution in [1.29, 1.82) is 0 Å². The summed E-state index contributed by atoms with van der Waals surface area (Å²) in [5.41, 5.74) is 0.976. The molecule has 0 saturated carbocycles. The zero-order chi connectivity index (χ0) is 14.0. The van der Waals surface area contributed by atoms with Crippen LogP contribution in [0.25, 0.3) is 0 Å². The number of hydrogen-bond acceptors (Lipinski definition) is 0. The van der Waals surface area contributed by atoms with E-state index in [1.165, 1.54) is 12.1 Å². The monoisotopic (exact) mass is 284 g/mol. The van der Waals surface area contributed by atoms with E-state index in [1.54, 1.807) is 19.1 Å². The molecule has 0 saturated heterocycles. The number of aryl methyl sites for hydroxylation is 1. The minimum atomic E-state index is -0.814. The van der Waals surface area contributed by atoms with Gasteiger partial charge in [0.25, 0.3) is 0 Å². The average molecular weight is 285 g/mol. The fourth-order valence-electron chi connectivity index (χ4n) is 1.92. The first-order valence-corrected chi connectivity index (χ1v) is 6.25. The Morgan fingerprint density at radius 3 is 2.26 bits per heavy atom. The van der Waals surface area contributed by atoms with Gasteiger partial charge < -0.3 is 0 Å². The number of hydrogen-bond donors (Lipinski definition) is 0. The Bertz CT molecular complexity index is 576. The molecule has 2 rings (SSSR count). The van der Waals surface area contributed by atoms with Crippen LogP contribution in [-0.2, 0) is 6.42 Å². The Morgan fingerprint density at radius 1 is 1.00 bits per heavy atom. The molecule has 1 atom stereocenters. The van der Waals surface area contributed by atoms with Crippen molar-refractivity contribution in [2.45, 2.75) is 18.7 Å². The SMILES string of the molecule is Cc1ccc(F)c(C(Cl)Cc2c(F)cccc2F)c1. The lowest BCUT2D eigenvalue weighted by Crippen LogP contribution is -2.03. The molecule has 4 heteroatoms. The first kappa shape index (κ1) is 13.9. The first-order chi connectivity index (χ1) is 8.99. The zero-order valence-corrected chi connectivity index (χ0v) is 11.0. The van der Waals surface area contributed by atoms with Crippen LogP contribution in [0.3, 0.4) is 0 Å².